The number of hydrogen-bond acceptors (Lipinski definition) is 3. The lowest BCUT2D eigenvalue weighted by molar-refractivity contribution is -0.115. The second-order valence-corrected chi connectivity index (χ2v) is 8.41. The Labute approximate surface area is 181 Å². The molecule has 152 valence electrons. The van der Waals surface area contributed by atoms with E-state index >= 15 is 0 Å². The first-order valence-corrected chi connectivity index (χ1v) is 11.1. The standard InChI is InChI=1S/C25H24N2O2S/c1-3-18-9-6-12-21(14-18)27-23(28)16-30-25(27)19-10-7-11-20(15-19)26-24(29)22-13-5-4-8-17(22)2/h4-15,25H,3,16H2,1-2H3,(H,26,29). The van der Waals surface area contributed by atoms with Crippen LogP contribution in [0.15, 0.2) is 72.8 Å². The van der Waals surface area contributed by atoms with E-state index in [0.29, 0.717) is 11.3 Å². The lowest BCUT2D eigenvalue weighted by atomic mass is 10.1. The molecule has 0 aliphatic carbocycles. The summed E-state index contributed by atoms with van der Waals surface area (Å²) in [6.45, 7) is 4.03. The van der Waals surface area contributed by atoms with Crippen molar-refractivity contribution in [3.05, 3.63) is 95.1 Å². The summed E-state index contributed by atoms with van der Waals surface area (Å²) >= 11 is 1.61. The van der Waals surface area contributed by atoms with Gasteiger partial charge in [-0.15, -0.1) is 11.8 Å². The summed E-state index contributed by atoms with van der Waals surface area (Å²) in [5, 5.41) is 2.88. The minimum atomic E-state index is -0.132. The average Bonchev–Trinajstić information content (AvgIpc) is 3.15. The predicted molar refractivity (Wildman–Crippen MR) is 124 cm³/mol. The van der Waals surface area contributed by atoms with Crippen molar-refractivity contribution in [1.29, 1.82) is 0 Å². The van der Waals surface area contributed by atoms with Gasteiger partial charge in [-0.2, -0.15) is 0 Å². The monoisotopic (exact) mass is 416 g/mol. The van der Waals surface area contributed by atoms with Crippen molar-refractivity contribution >= 4 is 35.0 Å². The van der Waals surface area contributed by atoms with Crippen molar-refractivity contribution in [2.45, 2.75) is 25.6 Å². The molecule has 4 rings (SSSR count). The number of rotatable bonds is 5. The van der Waals surface area contributed by atoms with Gasteiger partial charge < -0.3 is 5.32 Å². The number of carbonyl (C=O) groups excluding carboxylic acids is 2. The molecule has 1 heterocycles. The lowest BCUT2D eigenvalue weighted by Gasteiger charge is -2.25. The smallest absolute Gasteiger partial charge is 0.255 e. The van der Waals surface area contributed by atoms with Crippen molar-refractivity contribution in [2.75, 3.05) is 16.0 Å². The SMILES string of the molecule is CCc1cccc(N2C(=O)CSC2c2cccc(NC(=O)c3ccccc3C)c2)c1. The van der Waals surface area contributed by atoms with E-state index in [0.717, 1.165) is 28.9 Å². The summed E-state index contributed by atoms with van der Waals surface area (Å²) in [7, 11) is 0. The van der Waals surface area contributed by atoms with Crippen LogP contribution in [0.5, 0.6) is 0 Å². The van der Waals surface area contributed by atoms with Crippen LogP contribution in [0.3, 0.4) is 0 Å². The summed E-state index contributed by atoms with van der Waals surface area (Å²) in [6.07, 6.45) is 0.925. The van der Waals surface area contributed by atoms with Crippen LogP contribution >= 0.6 is 11.8 Å². The maximum absolute atomic E-state index is 12.7. The van der Waals surface area contributed by atoms with Crippen LogP contribution in [0.2, 0.25) is 0 Å². The minimum absolute atomic E-state index is 0.104. The van der Waals surface area contributed by atoms with Gasteiger partial charge in [0.25, 0.3) is 5.91 Å². The second kappa shape index (κ2) is 8.76. The molecule has 1 saturated heterocycles. The first-order valence-electron chi connectivity index (χ1n) is 10.1. The Bertz CT molecular complexity index is 1100. The van der Waals surface area contributed by atoms with E-state index in [9.17, 15) is 9.59 Å². The molecule has 5 heteroatoms. The first-order chi connectivity index (χ1) is 14.6. The molecule has 1 aliphatic heterocycles. The van der Waals surface area contributed by atoms with Crippen LogP contribution in [0.25, 0.3) is 0 Å². The Morgan fingerprint density at radius 1 is 1.07 bits per heavy atom. The lowest BCUT2D eigenvalue weighted by Crippen LogP contribution is -2.28. The van der Waals surface area contributed by atoms with E-state index < -0.39 is 0 Å². The molecule has 1 aliphatic rings. The zero-order valence-electron chi connectivity index (χ0n) is 17.1. The molecule has 30 heavy (non-hydrogen) atoms. The third kappa shape index (κ3) is 4.12. The Kier molecular flexibility index (Phi) is 5.91. The molecule has 2 amide bonds. The van der Waals surface area contributed by atoms with Gasteiger partial charge in [0.05, 0.1) is 5.75 Å². The van der Waals surface area contributed by atoms with Gasteiger partial charge in [-0.05, 0) is 60.4 Å². The van der Waals surface area contributed by atoms with Crippen LogP contribution in [0, 0.1) is 6.92 Å². The average molecular weight is 417 g/mol. The first kappa shape index (κ1) is 20.2. The molecule has 0 aromatic heterocycles. The highest BCUT2D eigenvalue weighted by molar-refractivity contribution is 8.00. The fourth-order valence-electron chi connectivity index (χ4n) is 3.67. The largest absolute Gasteiger partial charge is 0.322 e. The summed E-state index contributed by atoms with van der Waals surface area (Å²) in [6, 6.07) is 23.4. The Balaban J connectivity index is 1.60. The van der Waals surface area contributed by atoms with Crippen LogP contribution < -0.4 is 10.2 Å². The molecule has 0 spiro atoms. The van der Waals surface area contributed by atoms with Gasteiger partial charge in [0, 0.05) is 16.9 Å². The van der Waals surface area contributed by atoms with Crippen molar-refractivity contribution < 1.29 is 9.59 Å². The van der Waals surface area contributed by atoms with Gasteiger partial charge in [0.15, 0.2) is 0 Å². The summed E-state index contributed by atoms with van der Waals surface area (Å²) in [5.74, 6) is 0.418. The molecule has 3 aromatic rings. The predicted octanol–water partition coefficient (Wildman–Crippen LogP) is 5.59. The third-order valence-corrected chi connectivity index (χ3v) is 6.50. The van der Waals surface area contributed by atoms with Crippen LogP contribution in [0.1, 0.15) is 39.3 Å². The van der Waals surface area contributed by atoms with Crippen LogP contribution in [-0.2, 0) is 11.2 Å². The topological polar surface area (TPSA) is 49.4 Å². The number of aryl methyl sites for hydroxylation is 2. The fourth-order valence-corrected chi connectivity index (χ4v) is 4.84. The van der Waals surface area contributed by atoms with Gasteiger partial charge in [0.1, 0.15) is 5.37 Å². The molecular formula is C25H24N2O2S. The number of thioether (sulfide) groups is 1. The Morgan fingerprint density at radius 2 is 1.87 bits per heavy atom. The molecule has 1 N–H and O–H groups in total. The maximum Gasteiger partial charge on any atom is 0.255 e. The van der Waals surface area contributed by atoms with E-state index in [-0.39, 0.29) is 17.2 Å². The summed E-state index contributed by atoms with van der Waals surface area (Å²) in [4.78, 5) is 27.2. The van der Waals surface area contributed by atoms with E-state index in [4.69, 9.17) is 0 Å². The number of hydrogen-bond donors (Lipinski definition) is 1. The summed E-state index contributed by atoms with van der Waals surface area (Å²) in [5.41, 5.74) is 5.44. The van der Waals surface area contributed by atoms with Crippen molar-refractivity contribution in [3.8, 4) is 0 Å². The minimum Gasteiger partial charge on any atom is -0.322 e. The van der Waals surface area contributed by atoms with Gasteiger partial charge in [-0.3, -0.25) is 14.5 Å². The molecule has 1 unspecified atom stereocenters. The second-order valence-electron chi connectivity index (χ2n) is 7.35. The molecule has 4 nitrogen and oxygen atoms in total. The highest BCUT2D eigenvalue weighted by atomic mass is 32.2. The highest BCUT2D eigenvalue weighted by Gasteiger charge is 2.34. The van der Waals surface area contributed by atoms with Gasteiger partial charge in [0.2, 0.25) is 5.91 Å². The number of carbonyl (C=O) groups is 2. The third-order valence-electron chi connectivity index (χ3n) is 5.28. The molecule has 0 radical (unpaired) electrons. The normalized spacial score (nSPS) is 16.0. The quantitative estimate of drug-likeness (QED) is 0.590. The highest BCUT2D eigenvalue weighted by Crippen LogP contribution is 2.42. The molecule has 1 fully saturated rings. The number of nitrogens with one attached hydrogen (secondary N) is 1. The van der Waals surface area contributed by atoms with E-state index in [1.165, 1.54) is 5.56 Å². The van der Waals surface area contributed by atoms with Crippen molar-refractivity contribution in [3.63, 3.8) is 0 Å². The molecule has 3 aromatic carbocycles. The van der Waals surface area contributed by atoms with Crippen LogP contribution in [0.4, 0.5) is 11.4 Å². The zero-order valence-corrected chi connectivity index (χ0v) is 17.9. The van der Waals surface area contributed by atoms with Gasteiger partial charge in [-0.1, -0.05) is 49.4 Å². The summed E-state index contributed by atoms with van der Waals surface area (Å²) < 4.78 is 0. The molecule has 1 atom stereocenters. The molecular weight excluding hydrogens is 392 g/mol. The van der Waals surface area contributed by atoms with Crippen molar-refractivity contribution in [2.24, 2.45) is 0 Å². The maximum atomic E-state index is 12.7. The molecule has 0 saturated carbocycles. The van der Waals surface area contributed by atoms with Crippen LogP contribution in [-0.4, -0.2) is 17.6 Å². The Hall–Kier alpha value is -3.05. The van der Waals surface area contributed by atoms with E-state index in [1.54, 1.807) is 11.8 Å². The number of amides is 2. The number of anilines is 2. The number of nitrogens with zero attached hydrogens (tertiary/aromatic N) is 1. The fraction of sp³-hybridized carbons (Fsp3) is 0.200. The zero-order chi connectivity index (χ0) is 21.1. The Morgan fingerprint density at radius 3 is 2.67 bits per heavy atom. The van der Waals surface area contributed by atoms with E-state index in [1.807, 2.05) is 72.5 Å². The van der Waals surface area contributed by atoms with E-state index in [2.05, 4.69) is 24.4 Å². The molecule has 0 bridgehead atoms. The van der Waals surface area contributed by atoms with Crippen molar-refractivity contribution in [1.82, 2.24) is 0 Å². The van der Waals surface area contributed by atoms with Gasteiger partial charge in [-0.25, -0.2) is 0 Å². The number of benzene rings is 3. The van der Waals surface area contributed by atoms with Gasteiger partial charge >= 0.3 is 0 Å².